The van der Waals surface area contributed by atoms with Gasteiger partial charge in [-0.25, -0.2) is 9.48 Å². The number of hydrogen-bond donors (Lipinski definition) is 2. The van der Waals surface area contributed by atoms with Gasteiger partial charge in [0.15, 0.2) is 0 Å². The molecule has 1 aromatic heterocycles. The van der Waals surface area contributed by atoms with Crippen LogP contribution in [0.3, 0.4) is 0 Å². The highest BCUT2D eigenvalue weighted by Gasteiger charge is 2.39. The number of nitrogens with zero attached hydrogens (tertiary/aromatic N) is 2. The van der Waals surface area contributed by atoms with Gasteiger partial charge in [-0.15, -0.1) is 0 Å². The van der Waals surface area contributed by atoms with Gasteiger partial charge in [0, 0.05) is 24.6 Å². The van der Waals surface area contributed by atoms with E-state index in [0.29, 0.717) is 11.8 Å². The molecule has 1 saturated carbocycles. The summed E-state index contributed by atoms with van der Waals surface area (Å²) in [5.41, 5.74) is 1.29. The Balaban J connectivity index is 1.53. The molecule has 0 spiro atoms. The molecule has 5 heteroatoms. The molecule has 2 N–H and O–H groups in total. The maximum Gasteiger partial charge on any atom is 0.320 e. The van der Waals surface area contributed by atoms with Gasteiger partial charge in [-0.3, -0.25) is 5.32 Å². The molecule has 2 amide bonds. The molecule has 5 nitrogen and oxygen atoms in total. The average Bonchev–Trinajstić information content (AvgIpc) is 3.12. The van der Waals surface area contributed by atoms with E-state index in [9.17, 15) is 4.79 Å². The fourth-order valence-electron chi connectivity index (χ4n) is 2.67. The number of carbonyl (C=O) groups is 1. The standard InChI is InChI=1S/C17H22N4O/c1-12(2)11-21-16(8-9-18-21)20-17(22)19-15-10-14(15)13-6-4-3-5-7-13/h3-9,12,14-15H,10-11H2,1-2H3,(H2,19,20,22)/t14-,15+/m0/s1. The molecule has 3 rings (SSSR count). The third-order valence-electron chi connectivity index (χ3n) is 3.83. The number of amides is 2. The Hall–Kier alpha value is -2.30. The maximum absolute atomic E-state index is 12.1. The molecule has 0 bridgehead atoms. The van der Waals surface area contributed by atoms with Gasteiger partial charge in [0.25, 0.3) is 0 Å². The molecule has 1 aromatic carbocycles. The van der Waals surface area contributed by atoms with E-state index in [-0.39, 0.29) is 12.1 Å². The number of carbonyl (C=O) groups excluding carboxylic acids is 1. The second-order valence-electron chi connectivity index (χ2n) is 6.25. The van der Waals surface area contributed by atoms with Crippen molar-refractivity contribution in [3.8, 4) is 0 Å². The Morgan fingerprint density at radius 2 is 2.09 bits per heavy atom. The summed E-state index contributed by atoms with van der Waals surface area (Å²) in [6.45, 7) is 5.04. The van der Waals surface area contributed by atoms with Crippen molar-refractivity contribution in [2.75, 3.05) is 5.32 Å². The second kappa shape index (κ2) is 6.22. The fraction of sp³-hybridized carbons (Fsp3) is 0.412. The van der Waals surface area contributed by atoms with Crippen LogP contribution in [-0.2, 0) is 6.54 Å². The molecule has 116 valence electrons. The average molecular weight is 298 g/mol. The highest BCUT2D eigenvalue weighted by Crippen LogP contribution is 2.40. The van der Waals surface area contributed by atoms with Gasteiger partial charge < -0.3 is 5.32 Å². The third-order valence-corrected chi connectivity index (χ3v) is 3.83. The van der Waals surface area contributed by atoms with Crippen LogP contribution in [0.15, 0.2) is 42.6 Å². The third kappa shape index (κ3) is 3.47. The Kier molecular flexibility index (Phi) is 4.13. The minimum Gasteiger partial charge on any atom is -0.334 e. The number of aromatic nitrogens is 2. The normalized spacial score (nSPS) is 20.0. The zero-order valence-electron chi connectivity index (χ0n) is 13.0. The number of urea groups is 1. The number of hydrogen-bond acceptors (Lipinski definition) is 2. The van der Waals surface area contributed by atoms with Gasteiger partial charge in [0.2, 0.25) is 0 Å². The predicted molar refractivity (Wildman–Crippen MR) is 86.8 cm³/mol. The molecule has 1 fully saturated rings. The fourth-order valence-corrected chi connectivity index (χ4v) is 2.67. The lowest BCUT2D eigenvalue weighted by Gasteiger charge is -2.11. The molecule has 2 aromatic rings. The first-order valence-electron chi connectivity index (χ1n) is 7.77. The van der Waals surface area contributed by atoms with Gasteiger partial charge in [0.05, 0.1) is 6.20 Å². The van der Waals surface area contributed by atoms with Crippen LogP contribution >= 0.6 is 0 Å². The Morgan fingerprint density at radius 1 is 1.32 bits per heavy atom. The van der Waals surface area contributed by atoms with Crippen LogP contribution in [0.2, 0.25) is 0 Å². The summed E-state index contributed by atoms with van der Waals surface area (Å²) in [7, 11) is 0. The summed E-state index contributed by atoms with van der Waals surface area (Å²) in [6, 6.07) is 12.2. The number of benzene rings is 1. The smallest absolute Gasteiger partial charge is 0.320 e. The van der Waals surface area contributed by atoms with E-state index in [2.05, 4.69) is 41.7 Å². The lowest BCUT2D eigenvalue weighted by atomic mass is 10.1. The van der Waals surface area contributed by atoms with Crippen LogP contribution in [-0.4, -0.2) is 21.9 Å². The molecule has 2 atom stereocenters. The van der Waals surface area contributed by atoms with E-state index in [4.69, 9.17) is 0 Å². The first-order valence-corrected chi connectivity index (χ1v) is 7.77. The maximum atomic E-state index is 12.1. The molecule has 22 heavy (non-hydrogen) atoms. The second-order valence-corrected chi connectivity index (χ2v) is 6.25. The van der Waals surface area contributed by atoms with E-state index in [1.54, 1.807) is 6.20 Å². The van der Waals surface area contributed by atoms with Gasteiger partial charge in [0.1, 0.15) is 5.82 Å². The van der Waals surface area contributed by atoms with Gasteiger partial charge >= 0.3 is 6.03 Å². The molecule has 0 radical (unpaired) electrons. The first kappa shape index (κ1) is 14.6. The Labute approximate surface area is 130 Å². The van der Waals surface area contributed by atoms with Crippen molar-refractivity contribution >= 4 is 11.8 Å². The molecule has 0 saturated heterocycles. The minimum atomic E-state index is -0.158. The van der Waals surface area contributed by atoms with Crippen LogP contribution in [0.5, 0.6) is 0 Å². The predicted octanol–water partition coefficient (Wildman–Crippen LogP) is 3.22. The zero-order chi connectivity index (χ0) is 15.5. The molecule has 0 aliphatic heterocycles. The molecule has 1 aliphatic carbocycles. The topological polar surface area (TPSA) is 59.0 Å². The van der Waals surface area contributed by atoms with Crippen LogP contribution in [0.1, 0.15) is 31.7 Å². The van der Waals surface area contributed by atoms with Crippen molar-refractivity contribution in [3.63, 3.8) is 0 Å². The summed E-state index contributed by atoms with van der Waals surface area (Å²) in [4.78, 5) is 12.1. The van der Waals surface area contributed by atoms with Crippen molar-refractivity contribution in [1.82, 2.24) is 15.1 Å². The number of nitrogens with one attached hydrogen (secondary N) is 2. The number of anilines is 1. The Bertz CT molecular complexity index is 635. The summed E-state index contributed by atoms with van der Waals surface area (Å²) in [5, 5.41) is 10.2. The number of rotatable bonds is 5. The van der Waals surface area contributed by atoms with Crippen molar-refractivity contribution in [2.24, 2.45) is 5.92 Å². The quantitative estimate of drug-likeness (QED) is 0.890. The lowest BCUT2D eigenvalue weighted by molar-refractivity contribution is 0.251. The van der Waals surface area contributed by atoms with E-state index in [1.807, 2.05) is 28.9 Å². The van der Waals surface area contributed by atoms with Crippen molar-refractivity contribution < 1.29 is 4.79 Å². The summed E-state index contributed by atoms with van der Waals surface area (Å²) < 4.78 is 1.83. The lowest BCUT2D eigenvalue weighted by Crippen LogP contribution is -2.32. The Morgan fingerprint density at radius 3 is 2.82 bits per heavy atom. The molecular formula is C17H22N4O. The van der Waals surface area contributed by atoms with Crippen LogP contribution < -0.4 is 10.6 Å². The largest absolute Gasteiger partial charge is 0.334 e. The monoisotopic (exact) mass is 298 g/mol. The molecule has 0 unspecified atom stereocenters. The zero-order valence-corrected chi connectivity index (χ0v) is 13.0. The minimum absolute atomic E-state index is 0.158. The van der Waals surface area contributed by atoms with E-state index < -0.39 is 0 Å². The van der Waals surface area contributed by atoms with E-state index >= 15 is 0 Å². The molecule has 1 heterocycles. The van der Waals surface area contributed by atoms with Crippen LogP contribution in [0.25, 0.3) is 0 Å². The van der Waals surface area contributed by atoms with Crippen molar-refractivity contribution in [3.05, 3.63) is 48.2 Å². The van der Waals surface area contributed by atoms with E-state index in [1.165, 1.54) is 5.56 Å². The van der Waals surface area contributed by atoms with Gasteiger partial charge in [-0.05, 0) is 17.9 Å². The molecule has 1 aliphatic rings. The first-order chi connectivity index (χ1) is 10.6. The summed E-state index contributed by atoms with van der Waals surface area (Å²) in [5.74, 6) is 1.66. The highest BCUT2D eigenvalue weighted by atomic mass is 16.2. The summed E-state index contributed by atoms with van der Waals surface area (Å²) >= 11 is 0. The molecular weight excluding hydrogens is 276 g/mol. The highest BCUT2D eigenvalue weighted by molar-refractivity contribution is 5.88. The van der Waals surface area contributed by atoms with Crippen molar-refractivity contribution in [2.45, 2.75) is 38.8 Å². The van der Waals surface area contributed by atoms with Crippen molar-refractivity contribution in [1.29, 1.82) is 0 Å². The van der Waals surface area contributed by atoms with Gasteiger partial charge in [-0.1, -0.05) is 44.2 Å². The van der Waals surface area contributed by atoms with Crippen LogP contribution in [0, 0.1) is 5.92 Å². The SMILES string of the molecule is CC(C)Cn1nccc1NC(=O)N[C@@H]1C[C@H]1c1ccccc1. The van der Waals surface area contributed by atoms with E-state index in [0.717, 1.165) is 18.8 Å². The van der Waals surface area contributed by atoms with Gasteiger partial charge in [-0.2, -0.15) is 5.10 Å². The van der Waals surface area contributed by atoms with Crippen LogP contribution in [0.4, 0.5) is 10.6 Å². The summed E-state index contributed by atoms with van der Waals surface area (Å²) in [6.07, 6.45) is 2.71.